The van der Waals surface area contributed by atoms with E-state index in [0.29, 0.717) is 19.0 Å². The minimum Gasteiger partial charge on any atom is -0.330 e. The molecular formula is C10H20N2. The van der Waals surface area contributed by atoms with E-state index in [1.54, 1.807) is 0 Å². The Labute approximate surface area is 75.3 Å². The van der Waals surface area contributed by atoms with Crippen molar-refractivity contribution in [3.8, 4) is 0 Å². The molecule has 1 atom stereocenters. The van der Waals surface area contributed by atoms with Gasteiger partial charge >= 0.3 is 0 Å². The smallest absolute Gasteiger partial charge is 0.0106 e. The van der Waals surface area contributed by atoms with E-state index < -0.39 is 0 Å². The zero-order valence-electron chi connectivity index (χ0n) is 7.92. The molecular weight excluding hydrogens is 148 g/mol. The molecule has 0 aliphatic heterocycles. The summed E-state index contributed by atoms with van der Waals surface area (Å²) in [4.78, 5) is 0. The van der Waals surface area contributed by atoms with Gasteiger partial charge in [-0.15, -0.1) is 0 Å². The highest BCUT2D eigenvalue weighted by molar-refractivity contribution is 5.00. The van der Waals surface area contributed by atoms with E-state index in [1.165, 1.54) is 5.57 Å². The fourth-order valence-corrected chi connectivity index (χ4v) is 1.14. The van der Waals surface area contributed by atoms with Gasteiger partial charge in [0.05, 0.1) is 0 Å². The van der Waals surface area contributed by atoms with Crippen molar-refractivity contribution in [2.75, 3.05) is 13.1 Å². The topological polar surface area (TPSA) is 52.0 Å². The van der Waals surface area contributed by atoms with Crippen LogP contribution in [-0.2, 0) is 0 Å². The van der Waals surface area contributed by atoms with Gasteiger partial charge in [0.2, 0.25) is 0 Å². The van der Waals surface area contributed by atoms with Crippen molar-refractivity contribution in [2.24, 2.45) is 17.4 Å². The Hall–Kier alpha value is -0.600. The van der Waals surface area contributed by atoms with Crippen LogP contribution in [0.5, 0.6) is 0 Å². The minimum absolute atomic E-state index is 0.535. The average molecular weight is 168 g/mol. The summed E-state index contributed by atoms with van der Waals surface area (Å²) in [7, 11) is 0. The number of rotatable bonds is 6. The van der Waals surface area contributed by atoms with Crippen LogP contribution in [0.3, 0.4) is 0 Å². The summed E-state index contributed by atoms with van der Waals surface area (Å²) in [6.07, 6.45) is 6.07. The maximum absolute atomic E-state index is 5.41. The molecule has 0 radical (unpaired) electrons. The predicted octanol–water partition coefficient (Wildman–Crippen LogP) is 1.43. The second kappa shape index (κ2) is 7.07. The van der Waals surface area contributed by atoms with Crippen LogP contribution in [0.15, 0.2) is 24.3 Å². The summed E-state index contributed by atoms with van der Waals surface area (Å²) in [5.74, 6) is 0.535. The Kier molecular flexibility index (Phi) is 6.72. The molecule has 0 fully saturated rings. The van der Waals surface area contributed by atoms with Gasteiger partial charge in [-0.05, 0) is 25.3 Å². The lowest BCUT2D eigenvalue weighted by Crippen LogP contribution is -2.02. The van der Waals surface area contributed by atoms with Gasteiger partial charge in [-0.25, -0.2) is 0 Å². The van der Waals surface area contributed by atoms with Crippen molar-refractivity contribution in [2.45, 2.75) is 19.8 Å². The lowest BCUT2D eigenvalue weighted by Gasteiger charge is -2.07. The molecule has 2 heteroatoms. The Bertz CT molecular complexity index is 150. The van der Waals surface area contributed by atoms with E-state index in [2.05, 4.69) is 19.6 Å². The second-order valence-corrected chi connectivity index (χ2v) is 3.13. The Balaban J connectivity index is 3.60. The lowest BCUT2D eigenvalue weighted by atomic mass is 10.00. The molecule has 0 spiro atoms. The molecule has 0 amide bonds. The fourth-order valence-electron chi connectivity index (χ4n) is 1.14. The van der Waals surface area contributed by atoms with Crippen LogP contribution in [0.1, 0.15) is 19.8 Å². The quantitative estimate of drug-likeness (QED) is 0.589. The highest BCUT2D eigenvalue weighted by Gasteiger charge is 1.99. The number of nitrogens with two attached hydrogens (primary N) is 2. The van der Waals surface area contributed by atoms with E-state index in [0.717, 1.165) is 12.8 Å². The summed E-state index contributed by atoms with van der Waals surface area (Å²) >= 11 is 0. The highest BCUT2D eigenvalue weighted by atomic mass is 14.5. The molecule has 0 aliphatic carbocycles. The van der Waals surface area contributed by atoms with E-state index in [4.69, 9.17) is 11.5 Å². The summed E-state index contributed by atoms with van der Waals surface area (Å²) in [5.41, 5.74) is 12.0. The molecule has 0 bridgehead atoms. The van der Waals surface area contributed by atoms with Crippen LogP contribution in [0, 0.1) is 5.92 Å². The molecule has 0 aromatic rings. The van der Waals surface area contributed by atoms with Gasteiger partial charge in [0.15, 0.2) is 0 Å². The first-order chi connectivity index (χ1) is 5.70. The van der Waals surface area contributed by atoms with Gasteiger partial charge in [-0.2, -0.15) is 0 Å². The largest absolute Gasteiger partial charge is 0.330 e. The lowest BCUT2D eigenvalue weighted by molar-refractivity contribution is 0.691. The van der Waals surface area contributed by atoms with Crippen molar-refractivity contribution in [3.63, 3.8) is 0 Å². The van der Waals surface area contributed by atoms with Gasteiger partial charge < -0.3 is 11.5 Å². The molecule has 0 saturated carbocycles. The van der Waals surface area contributed by atoms with E-state index in [-0.39, 0.29) is 0 Å². The standard InChI is InChI=1S/C10H20N2/c1-9(4-3-6-11)8-10(2)5-7-12/h3-4,9H,2,5-8,11-12H2,1H3/b4-3-. The molecule has 1 unspecified atom stereocenters. The third-order valence-corrected chi connectivity index (χ3v) is 1.71. The normalized spacial score (nSPS) is 13.6. The van der Waals surface area contributed by atoms with Crippen molar-refractivity contribution in [1.29, 1.82) is 0 Å². The van der Waals surface area contributed by atoms with Gasteiger partial charge in [0.1, 0.15) is 0 Å². The van der Waals surface area contributed by atoms with Crippen LogP contribution < -0.4 is 11.5 Å². The van der Waals surface area contributed by atoms with Crippen molar-refractivity contribution in [1.82, 2.24) is 0 Å². The van der Waals surface area contributed by atoms with Crippen molar-refractivity contribution >= 4 is 0 Å². The minimum atomic E-state index is 0.535. The monoisotopic (exact) mass is 168 g/mol. The molecule has 4 N–H and O–H groups in total. The molecule has 0 heterocycles. The first kappa shape index (κ1) is 11.4. The second-order valence-electron chi connectivity index (χ2n) is 3.13. The maximum atomic E-state index is 5.41. The molecule has 2 nitrogen and oxygen atoms in total. The summed E-state index contributed by atoms with van der Waals surface area (Å²) in [6.45, 7) is 7.43. The van der Waals surface area contributed by atoms with Crippen molar-refractivity contribution < 1.29 is 0 Å². The van der Waals surface area contributed by atoms with Gasteiger partial charge in [0.25, 0.3) is 0 Å². The van der Waals surface area contributed by atoms with Gasteiger partial charge in [0, 0.05) is 6.54 Å². The third kappa shape index (κ3) is 6.13. The molecule has 70 valence electrons. The van der Waals surface area contributed by atoms with Crippen LogP contribution in [-0.4, -0.2) is 13.1 Å². The van der Waals surface area contributed by atoms with Crippen molar-refractivity contribution in [3.05, 3.63) is 24.3 Å². The SMILES string of the molecule is C=C(CCN)CC(C)/C=C\CN. The summed E-state index contributed by atoms with van der Waals surface area (Å²) in [5, 5.41) is 0. The van der Waals surface area contributed by atoms with E-state index in [9.17, 15) is 0 Å². The molecule has 0 aromatic heterocycles. The Morgan fingerprint density at radius 2 is 2.17 bits per heavy atom. The van der Waals surface area contributed by atoms with Gasteiger partial charge in [-0.1, -0.05) is 31.2 Å². The first-order valence-corrected chi connectivity index (χ1v) is 4.44. The predicted molar refractivity (Wildman–Crippen MR) is 54.8 cm³/mol. The summed E-state index contributed by atoms with van der Waals surface area (Å²) < 4.78 is 0. The number of allylic oxidation sites excluding steroid dienone is 1. The average Bonchev–Trinajstić information content (AvgIpc) is 2.01. The van der Waals surface area contributed by atoms with E-state index >= 15 is 0 Å². The Morgan fingerprint density at radius 1 is 1.50 bits per heavy atom. The zero-order valence-corrected chi connectivity index (χ0v) is 7.92. The highest BCUT2D eigenvalue weighted by Crippen LogP contribution is 2.12. The molecule has 12 heavy (non-hydrogen) atoms. The van der Waals surface area contributed by atoms with E-state index in [1.807, 2.05) is 6.08 Å². The molecule has 0 saturated heterocycles. The maximum Gasteiger partial charge on any atom is 0.0106 e. The molecule has 0 aromatic carbocycles. The van der Waals surface area contributed by atoms with Crippen LogP contribution >= 0.6 is 0 Å². The number of hydrogen-bond donors (Lipinski definition) is 2. The van der Waals surface area contributed by atoms with Gasteiger partial charge in [-0.3, -0.25) is 0 Å². The zero-order chi connectivity index (χ0) is 9.40. The molecule has 0 aliphatic rings. The molecule has 0 rings (SSSR count). The van der Waals surface area contributed by atoms with Crippen LogP contribution in [0.25, 0.3) is 0 Å². The third-order valence-electron chi connectivity index (χ3n) is 1.71. The number of hydrogen-bond acceptors (Lipinski definition) is 2. The fraction of sp³-hybridized carbons (Fsp3) is 0.600. The van der Waals surface area contributed by atoms with Crippen LogP contribution in [0.4, 0.5) is 0 Å². The first-order valence-electron chi connectivity index (χ1n) is 4.44. The van der Waals surface area contributed by atoms with Crippen LogP contribution in [0.2, 0.25) is 0 Å². The summed E-state index contributed by atoms with van der Waals surface area (Å²) in [6, 6.07) is 0. The Morgan fingerprint density at radius 3 is 2.67 bits per heavy atom.